The molecule has 0 amide bonds. The van der Waals surface area contributed by atoms with Crippen molar-refractivity contribution < 1.29 is 19.1 Å². The first-order valence-electron chi connectivity index (χ1n) is 9.66. The monoisotopic (exact) mass is 415 g/mol. The fraction of sp³-hybridized carbons (Fsp3) is 0.476. The number of carbonyl (C=O) groups excluding carboxylic acids is 2. The van der Waals surface area contributed by atoms with Gasteiger partial charge in [-0.05, 0) is 38.3 Å². The zero-order chi connectivity index (χ0) is 21.1. The number of ether oxygens (including phenoxy) is 2. The van der Waals surface area contributed by atoms with Gasteiger partial charge in [0.2, 0.25) is 0 Å². The number of rotatable bonds is 6. The highest BCUT2D eigenvalue weighted by Gasteiger charge is 2.43. The van der Waals surface area contributed by atoms with Gasteiger partial charge in [0, 0.05) is 17.3 Å². The molecule has 154 valence electrons. The summed E-state index contributed by atoms with van der Waals surface area (Å²) in [5.74, 6) is -2.02. The third-order valence-electron chi connectivity index (χ3n) is 4.79. The molecular formula is C21H25N3O4S. The molecule has 0 N–H and O–H groups in total. The van der Waals surface area contributed by atoms with Gasteiger partial charge in [-0.25, -0.2) is 4.79 Å². The van der Waals surface area contributed by atoms with Crippen molar-refractivity contribution in [3.8, 4) is 0 Å². The molecule has 0 bridgehead atoms. The standard InChI is InChI=1S/C21H25N3O4S/c1-6-27-20(25)16-12(4)22-13(5)17(21(26)28-10-11(2)3)18(16)14-8-7-9-15-19(14)24-29-23-15/h7-9,11,16,18H,6,10H2,1-5H3. The number of carbonyl (C=O) groups is 2. The Morgan fingerprint density at radius 2 is 1.93 bits per heavy atom. The maximum absolute atomic E-state index is 13.1. The SMILES string of the molecule is CCOC(=O)C1C(C)=NC(C)=C(C(=O)OCC(C)C)C1c1cccc2nsnc12. The molecule has 0 radical (unpaired) electrons. The van der Waals surface area contributed by atoms with Crippen molar-refractivity contribution in [1.29, 1.82) is 0 Å². The molecule has 0 aliphatic carbocycles. The van der Waals surface area contributed by atoms with E-state index in [0.717, 1.165) is 22.8 Å². The molecule has 3 rings (SSSR count). The summed E-state index contributed by atoms with van der Waals surface area (Å²) in [4.78, 5) is 30.5. The van der Waals surface area contributed by atoms with Gasteiger partial charge >= 0.3 is 11.9 Å². The van der Waals surface area contributed by atoms with E-state index >= 15 is 0 Å². The normalized spacial score (nSPS) is 19.4. The number of benzene rings is 1. The summed E-state index contributed by atoms with van der Waals surface area (Å²) < 4.78 is 19.6. The van der Waals surface area contributed by atoms with Crippen LogP contribution in [0, 0.1) is 11.8 Å². The molecule has 0 fully saturated rings. The molecule has 2 heterocycles. The molecule has 8 heteroatoms. The van der Waals surface area contributed by atoms with Crippen molar-refractivity contribution in [3.05, 3.63) is 35.0 Å². The molecule has 1 aliphatic heterocycles. The summed E-state index contributed by atoms with van der Waals surface area (Å²) in [5.41, 5.74) is 3.67. The van der Waals surface area contributed by atoms with Crippen LogP contribution >= 0.6 is 11.7 Å². The number of nitrogens with zero attached hydrogens (tertiary/aromatic N) is 3. The molecule has 0 saturated carbocycles. The first-order valence-corrected chi connectivity index (χ1v) is 10.4. The topological polar surface area (TPSA) is 90.7 Å². The van der Waals surface area contributed by atoms with Crippen LogP contribution in [0.3, 0.4) is 0 Å². The fourth-order valence-electron chi connectivity index (χ4n) is 3.57. The second kappa shape index (κ2) is 8.82. The zero-order valence-corrected chi connectivity index (χ0v) is 18.1. The third-order valence-corrected chi connectivity index (χ3v) is 5.33. The van der Waals surface area contributed by atoms with Gasteiger partial charge in [-0.2, -0.15) is 8.75 Å². The molecule has 7 nitrogen and oxygen atoms in total. The number of esters is 2. The number of aliphatic imine (C=N–C) groups is 1. The summed E-state index contributed by atoms with van der Waals surface area (Å²) in [5, 5.41) is 0. The maximum Gasteiger partial charge on any atom is 0.336 e. The van der Waals surface area contributed by atoms with Crippen LogP contribution in [0.5, 0.6) is 0 Å². The highest BCUT2D eigenvalue weighted by Crippen LogP contribution is 2.42. The molecule has 1 aromatic heterocycles. The van der Waals surface area contributed by atoms with Gasteiger partial charge in [0.1, 0.15) is 17.0 Å². The van der Waals surface area contributed by atoms with Crippen molar-refractivity contribution in [2.24, 2.45) is 16.8 Å². The predicted octanol–water partition coefficient (Wildman–Crippen LogP) is 3.90. The van der Waals surface area contributed by atoms with Crippen molar-refractivity contribution in [2.75, 3.05) is 13.2 Å². The summed E-state index contributed by atoms with van der Waals surface area (Å²) in [6.45, 7) is 9.78. The lowest BCUT2D eigenvalue weighted by atomic mass is 9.75. The number of hydrogen-bond acceptors (Lipinski definition) is 8. The van der Waals surface area contributed by atoms with Crippen LogP contribution in [0.2, 0.25) is 0 Å². The van der Waals surface area contributed by atoms with Crippen molar-refractivity contribution in [2.45, 2.75) is 40.5 Å². The van der Waals surface area contributed by atoms with Gasteiger partial charge in [-0.1, -0.05) is 26.0 Å². The van der Waals surface area contributed by atoms with Gasteiger partial charge in [-0.15, -0.1) is 0 Å². The summed E-state index contributed by atoms with van der Waals surface area (Å²) in [7, 11) is 0. The number of hydrogen-bond donors (Lipinski definition) is 0. The van der Waals surface area contributed by atoms with E-state index in [9.17, 15) is 9.59 Å². The Morgan fingerprint density at radius 3 is 2.62 bits per heavy atom. The van der Waals surface area contributed by atoms with E-state index in [-0.39, 0.29) is 19.1 Å². The quantitative estimate of drug-likeness (QED) is 0.665. The van der Waals surface area contributed by atoms with Crippen molar-refractivity contribution >= 4 is 40.4 Å². The molecule has 2 atom stereocenters. The summed E-state index contributed by atoms with van der Waals surface area (Å²) in [6.07, 6.45) is 0. The summed E-state index contributed by atoms with van der Waals surface area (Å²) >= 11 is 1.10. The van der Waals surface area contributed by atoms with Gasteiger partial charge in [0.15, 0.2) is 0 Å². The van der Waals surface area contributed by atoms with E-state index in [1.54, 1.807) is 20.8 Å². The van der Waals surface area contributed by atoms with E-state index in [2.05, 4.69) is 13.7 Å². The van der Waals surface area contributed by atoms with Crippen molar-refractivity contribution in [3.63, 3.8) is 0 Å². The Balaban J connectivity index is 2.17. The maximum atomic E-state index is 13.1. The minimum absolute atomic E-state index is 0.194. The first-order chi connectivity index (χ1) is 13.8. The molecular weight excluding hydrogens is 390 g/mol. The van der Waals surface area contributed by atoms with E-state index in [1.165, 1.54) is 0 Å². The van der Waals surface area contributed by atoms with Crippen LogP contribution < -0.4 is 0 Å². The van der Waals surface area contributed by atoms with E-state index < -0.39 is 23.8 Å². The van der Waals surface area contributed by atoms with Gasteiger partial charge in [0.05, 0.1) is 30.5 Å². The average molecular weight is 416 g/mol. The molecule has 2 unspecified atom stereocenters. The Morgan fingerprint density at radius 1 is 1.17 bits per heavy atom. The van der Waals surface area contributed by atoms with Crippen LogP contribution in [0.1, 0.15) is 46.1 Å². The van der Waals surface area contributed by atoms with Crippen molar-refractivity contribution in [1.82, 2.24) is 8.75 Å². The van der Waals surface area contributed by atoms with Crippen LogP contribution in [-0.2, 0) is 19.1 Å². The second-order valence-corrected chi connectivity index (χ2v) is 7.96. The Kier molecular flexibility index (Phi) is 6.42. The highest BCUT2D eigenvalue weighted by atomic mass is 32.1. The Labute approximate surface area is 174 Å². The van der Waals surface area contributed by atoms with Gasteiger partial charge in [0.25, 0.3) is 0 Å². The van der Waals surface area contributed by atoms with Crippen LogP contribution in [0.25, 0.3) is 11.0 Å². The molecule has 2 aromatic rings. The molecule has 1 aromatic carbocycles. The average Bonchev–Trinajstić information content (AvgIpc) is 3.14. The number of fused-ring (bicyclic) bond motifs is 1. The first kappa shape index (κ1) is 21.1. The highest BCUT2D eigenvalue weighted by molar-refractivity contribution is 7.00. The van der Waals surface area contributed by atoms with Crippen LogP contribution in [-0.4, -0.2) is 39.6 Å². The van der Waals surface area contributed by atoms with Gasteiger partial charge in [-0.3, -0.25) is 9.79 Å². The van der Waals surface area contributed by atoms with Crippen LogP contribution in [0.4, 0.5) is 0 Å². The second-order valence-electron chi connectivity index (χ2n) is 7.43. The van der Waals surface area contributed by atoms with E-state index in [0.29, 0.717) is 22.5 Å². The van der Waals surface area contributed by atoms with Gasteiger partial charge < -0.3 is 9.47 Å². The Bertz CT molecular complexity index is 993. The molecule has 0 saturated heterocycles. The molecule has 29 heavy (non-hydrogen) atoms. The fourth-order valence-corrected chi connectivity index (χ4v) is 4.13. The van der Waals surface area contributed by atoms with E-state index in [1.807, 2.05) is 32.0 Å². The minimum atomic E-state index is -0.729. The Hall–Kier alpha value is -2.61. The molecule has 0 spiro atoms. The number of allylic oxidation sites excluding steroid dienone is 1. The lowest BCUT2D eigenvalue weighted by molar-refractivity contribution is -0.146. The minimum Gasteiger partial charge on any atom is -0.465 e. The smallest absolute Gasteiger partial charge is 0.336 e. The lowest BCUT2D eigenvalue weighted by Gasteiger charge is -2.31. The van der Waals surface area contributed by atoms with E-state index in [4.69, 9.17) is 9.47 Å². The molecule has 1 aliphatic rings. The third kappa shape index (κ3) is 4.22. The zero-order valence-electron chi connectivity index (χ0n) is 17.3. The van der Waals surface area contributed by atoms with Crippen LogP contribution in [0.15, 0.2) is 34.5 Å². The number of aromatic nitrogens is 2. The lowest BCUT2D eigenvalue weighted by Crippen LogP contribution is -2.36. The largest absolute Gasteiger partial charge is 0.465 e. The summed E-state index contributed by atoms with van der Waals surface area (Å²) in [6, 6.07) is 5.59. The predicted molar refractivity (Wildman–Crippen MR) is 112 cm³/mol.